The van der Waals surface area contributed by atoms with Crippen LogP contribution in [-0.4, -0.2) is 33.4 Å². The van der Waals surface area contributed by atoms with Gasteiger partial charge in [-0.1, -0.05) is 6.42 Å². The Labute approximate surface area is 127 Å². The number of rotatable bonds is 5. The van der Waals surface area contributed by atoms with Crippen LogP contribution in [0.1, 0.15) is 37.1 Å². The summed E-state index contributed by atoms with van der Waals surface area (Å²) < 4.78 is 3.02. The van der Waals surface area contributed by atoms with E-state index in [1.165, 1.54) is 0 Å². The second-order valence-corrected chi connectivity index (χ2v) is 6.41. The van der Waals surface area contributed by atoms with Gasteiger partial charge in [-0.25, -0.2) is 0 Å². The average Bonchev–Trinajstić information content (AvgIpc) is 2.94. The van der Waals surface area contributed by atoms with Gasteiger partial charge in [0.1, 0.15) is 5.54 Å². The Balaban J connectivity index is 2.10. The molecule has 1 aliphatic rings. The summed E-state index contributed by atoms with van der Waals surface area (Å²) in [4.78, 5) is 11.6. The molecule has 2 rings (SSSR count). The molecule has 0 radical (unpaired) electrons. The topological polar surface area (TPSA) is 67.2 Å². The minimum Gasteiger partial charge on any atom is -0.480 e. The molecule has 0 spiro atoms. The first kappa shape index (κ1) is 15.5. The number of likely N-dealkylation sites (N-methyl/N-ethyl adjacent to an activating group) is 1. The Kier molecular flexibility index (Phi) is 4.54. The standard InChI is InChI=1S/C14H22BrN3O2/c1-9-12(15)10(2)18(17-9)8-6-11-5-4-7-14(11,16-3)13(19)20/h11,16H,4-8H2,1-3H3,(H,19,20). The predicted molar refractivity (Wildman–Crippen MR) is 80.8 cm³/mol. The monoisotopic (exact) mass is 343 g/mol. The van der Waals surface area contributed by atoms with Crippen LogP contribution in [0.5, 0.6) is 0 Å². The maximum Gasteiger partial charge on any atom is 0.324 e. The molecule has 1 fully saturated rings. The number of nitrogens with zero attached hydrogens (tertiary/aromatic N) is 2. The Morgan fingerprint density at radius 1 is 1.60 bits per heavy atom. The van der Waals surface area contributed by atoms with Gasteiger partial charge in [0.05, 0.1) is 10.2 Å². The van der Waals surface area contributed by atoms with E-state index in [-0.39, 0.29) is 5.92 Å². The van der Waals surface area contributed by atoms with E-state index in [0.29, 0.717) is 6.42 Å². The molecule has 5 nitrogen and oxygen atoms in total. The fraction of sp³-hybridized carbons (Fsp3) is 0.714. The van der Waals surface area contributed by atoms with Crippen LogP contribution >= 0.6 is 15.9 Å². The number of carboxylic acids is 1. The summed E-state index contributed by atoms with van der Waals surface area (Å²) in [5.74, 6) is -0.565. The van der Waals surface area contributed by atoms with E-state index in [1.807, 2.05) is 18.5 Å². The maximum atomic E-state index is 11.6. The molecule has 1 aromatic rings. The third-order valence-corrected chi connectivity index (χ3v) is 5.78. The molecule has 2 N–H and O–H groups in total. The van der Waals surface area contributed by atoms with Crippen LogP contribution in [0.25, 0.3) is 0 Å². The van der Waals surface area contributed by atoms with Gasteiger partial charge < -0.3 is 10.4 Å². The van der Waals surface area contributed by atoms with Crippen LogP contribution in [0, 0.1) is 19.8 Å². The smallest absolute Gasteiger partial charge is 0.324 e. The van der Waals surface area contributed by atoms with Crippen molar-refractivity contribution >= 4 is 21.9 Å². The highest BCUT2D eigenvalue weighted by Gasteiger charge is 2.47. The molecule has 0 bridgehead atoms. The van der Waals surface area contributed by atoms with E-state index in [2.05, 4.69) is 26.3 Å². The molecule has 1 heterocycles. The van der Waals surface area contributed by atoms with Crippen LogP contribution in [-0.2, 0) is 11.3 Å². The molecule has 2 atom stereocenters. The number of nitrogens with one attached hydrogen (secondary N) is 1. The van der Waals surface area contributed by atoms with Crippen molar-refractivity contribution in [2.45, 2.75) is 51.6 Å². The molecule has 1 saturated carbocycles. The van der Waals surface area contributed by atoms with Gasteiger partial charge in [0.15, 0.2) is 0 Å². The number of hydrogen-bond donors (Lipinski definition) is 2. The number of carboxylic acid groups (broad SMARTS) is 1. The number of halogens is 1. The van der Waals surface area contributed by atoms with Crippen molar-refractivity contribution in [3.63, 3.8) is 0 Å². The lowest BCUT2D eigenvalue weighted by Crippen LogP contribution is -2.53. The highest BCUT2D eigenvalue weighted by atomic mass is 79.9. The molecule has 2 unspecified atom stereocenters. The first-order chi connectivity index (χ1) is 9.42. The van der Waals surface area contributed by atoms with E-state index in [4.69, 9.17) is 0 Å². The summed E-state index contributed by atoms with van der Waals surface area (Å²) in [6, 6.07) is 0. The fourth-order valence-electron chi connectivity index (χ4n) is 3.36. The molecular formula is C14H22BrN3O2. The van der Waals surface area contributed by atoms with Crippen LogP contribution in [0.2, 0.25) is 0 Å². The third-order valence-electron chi connectivity index (χ3n) is 4.63. The Morgan fingerprint density at radius 2 is 2.30 bits per heavy atom. The average molecular weight is 344 g/mol. The van der Waals surface area contributed by atoms with Crippen molar-refractivity contribution in [2.24, 2.45) is 5.92 Å². The molecule has 0 aromatic carbocycles. The van der Waals surface area contributed by atoms with Crippen LogP contribution in [0.15, 0.2) is 4.47 Å². The minimum atomic E-state index is -0.757. The normalized spacial score (nSPS) is 26.1. The lowest BCUT2D eigenvalue weighted by Gasteiger charge is -2.31. The molecular weight excluding hydrogens is 322 g/mol. The molecule has 112 valence electrons. The van der Waals surface area contributed by atoms with Gasteiger partial charge in [-0.15, -0.1) is 0 Å². The molecule has 1 aromatic heterocycles. The largest absolute Gasteiger partial charge is 0.480 e. The Hall–Kier alpha value is -0.880. The van der Waals surface area contributed by atoms with E-state index >= 15 is 0 Å². The van der Waals surface area contributed by atoms with Crippen molar-refractivity contribution in [1.29, 1.82) is 0 Å². The number of carbonyl (C=O) groups is 1. The van der Waals surface area contributed by atoms with Crippen molar-refractivity contribution in [3.05, 3.63) is 15.9 Å². The van der Waals surface area contributed by atoms with Crippen molar-refractivity contribution < 1.29 is 9.90 Å². The Bertz CT molecular complexity index is 515. The molecule has 0 saturated heterocycles. The SMILES string of the molecule is CNC1(C(=O)O)CCCC1CCn1nc(C)c(Br)c1C. The molecule has 20 heavy (non-hydrogen) atoms. The van der Waals surface area contributed by atoms with Gasteiger partial charge in [-0.2, -0.15) is 5.10 Å². The second kappa shape index (κ2) is 5.85. The molecule has 0 amide bonds. The summed E-state index contributed by atoms with van der Waals surface area (Å²) in [7, 11) is 1.76. The van der Waals surface area contributed by atoms with Gasteiger partial charge in [0, 0.05) is 12.2 Å². The molecule has 1 aliphatic carbocycles. The summed E-state index contributed by atoms with van der Waals surface area (Å²) >= 11 is 3.52. The third kappa shape index (κ3) is 2.51. The first-order valence-corrected chi connectivity index (χ1v) is 7.83. The van der Waals surface area contributed by atoms with Gasteiger partial charge in [0.25, 0.3) is 0 Å². The summed E-state index contributed by atoms with van der Waals surface area (Å²) in [5, 5.41) is 17.1. The maximum absolute atomic E-state index is 11.6. The number of aliphatic carboxylic acids is 1. The first-order valence-electron chi connectivity index (χ1n) is 7.04. The van der Waals surface area contributed by atoms with E-state index in [0.717, 1.165) is 41.7 Å². The number of hydrogen-bond acceptors (Lipinski definition) is 3. The number of aromatic nitrogens is 2. The minimum absolute atomic E-state index is 0.160. The second-order valence-electron chi connectivity index (χ2n) is 5.61. The van der Waals surface area contributed by atoms with E-state index in [9.17, 15) is 9.90 Å². The van der Waals surface area contributed by atoms with Crippen LogP contribution < -0.4 is 5.32 Å². The highest BCUT2D eigenvalue weighted by molar-refractivity contribution is 9.10. The quantitative estimate of drug-likeness (QED) is 0.861. The van der Waals surface area contributed by atoms with E-state index in [1.54, 1.807) is 7.05 Å². The van der Waals surface area contributed by atoms with Gasteiger partial charge in [-0.05, 0) is 62.0 Å². The molecule has 6 heteroatoms. The molecule has 0 aliphatic heterocycles. The summed E-state index contributed by atoms with van der Waals surface area (Å²) in [6.07, 6.45) is 3.48. The van der Waals surface area contributed by atoms with Gasteiger partial charge >= 0.3 is 5.97 Å². The van der Waals surface area contributed by atoms with Gasteiger partial charge in [0.2, 0.25) is 0 Å². The summed E-state index contributed by atoms with van der Waals surface area (Å²) in [5.41, 5.74) is 1.32. The van der Waals surface area contributed by atoms with Crippen molar-refractivity contribution in [1.82, 2.24) is 15.1 Å². The lowest BCUT2D eigenvalue weighted by atomic mass is 9.85. The van der Waals surface area contributed by atoms with Crippen molar-refractivity contribution in [2.75, 3.05) is 7.05 Å². The lowest BCUT2D eigenvalue weighted by molar-refractivity contribution is -0.146. The van der Waals surface area contributed by atoms with Crippen LogP contribution in [0.3, 0.4) is 0 Å². The highest BCUT2D eigenvalue weighted by Crippen LogP contribution is 2.38. The van der Waals surface area contributed by atoms with Crippen molar-refractivity contribution in [3.8, 4) is 0 Å². The van der Waals surface area contributed by atoms with Crippen LogP contribution in [0.4, 0.5) is 0 Å². The predicted octanol–water partition coefficient (Wildman–Crippen LogP) is 2.50. The number of aryl methyl sites for hydroxylation is 2. The Morgan fingerprint density at radius 3 is 2.80 bits per heavy atom. The summed E-state index contributed by atoms with van der Waals surface area (Å²) in [6.45, 7) is 4.76. The van der Waals surface area contributed by atoms with Gasteiger partial charge in [-0.3, -0.25) is 9.48 Å². The zero-order chi connectivity index (χ0) is 14.9. The van der Waals surface area contributed by atoms with E-state index < -0.39 is 11.5 Å². The fourth-order valence-corrected chi connectivity index (χ4v) is 3.64. The zero-order valence-electron chi connectivity index (χ0n) is 12.2. The zero-order valence-corrected chi connectivity index (χ0v) is 13.8.